The van der Waals surface area contributed by atoms with E-state index in [0.717, 1.165) is 5.82 Å². The van der Waals surface area contributed by atoms with Gasteiger partial charge in [0, 0.05) is 19.3 Å². The van der Waals surface area contributed by atoms with Crippen LogP contribution in [0.5, 0.6) is 0 Å². The van der Waals surface area contributed by atoms with Gasteiger partial charge in [-0.25, -0.2) is 4.98 Å². The number of pyridine rings is 1. The summed E-state index contributed by atoms with van der Waals surface area (Å²) in [5.74, 6) is 0.815. The minimum Gasteiger partial charge on any atom is -0.386 e. The van der Waals surface area contributed by atoms with Gasteiger partial charge in [-0.15, -0.1) is 0 Å². The molecular formula is C10H11N3O. The number of nitrogens with zero attached hydrogens (tertiary/aromatic N) is 3. The number of aromatic nitrogens is 1. The van der Waals surface area contributed by atoms with Crippen LogP contribution in [0.1, 0.15) is 12.5 Å². The van der Waals surface area contributed by atoms with Crippen molar-refractivity contribution >= 4 is 5.82 Å². The normalized spacial score (nSPS) is 18.5. The molecule has 1 aromatic heterocycles. The zero-order valence-electron chi connectivity index (χ0n) is 7.94. The van der Waals surface area contributed by atoms with Crippen molar-refractivity contribution < 1.29 is 5.11 Å². The highest BCUT2D eigenvalue weighted by atomic mass is 16.3. The number of aliphatic hydroxyl groups is 1. The highest BCUT2D eigenvalue weighted by Gasteiger charge is 2.37. The summed E-state index contributed by atoms with van der Waals surface area (Å²) in [6.07, 6.45) is 1.54. The minimum atomic E-state index is -0.588. The van der Waals surface area contributed by atoms with Gasteiger partial charge in [0.2, 0.25) is 0 Å². The van der Waals surface area contributed by atoms with Gasteiger partial charge >= 0.3 is 0 Å². The lowest BCUT2D eigenvalue weighted by Gasteiger charge is -2.44. The number of hydrogen-bond donors (Lipinski definition) is 1. The zero-order chi connectivity index (χ0) is 10.2. The predicted molar refractivity (Wildman–Crippen MR) is 51.8 cm³/mol. The number of β-amino-alcohol motifs (C(OH)–C–C–N with tert-alkyl or cyclic N) is 1. The van der Waals surface area contributed by atoms with Gasteiger partial charge < -0.3 is 10.0 Å². The van der Waals surface area contributed by atoms with E-state index >= 15 is 0 Å². The summed E-state index contributed by atoms with van der Waals surface area (Å²) < 4.78 is 0. The van der Waals surface area contributed by atoms with Crippen LogP contribution in [-0.2, 0) is 0 Å². The molecule has 1 aromatic rings. The first-order valence-electron chi connectivity index (χ1n) is 4.44. The maximum absolute atomic E-state index is 9.52. The van der Waals surface area contributed by atoms with E-state index in [-0.39, 0.29) is 0 Å². The van der Waals surface area contributed by atoms with Gasteiger partial charge in [0.25, 0.3) is 0 Å². The quantitative estimate of drug-likeness (QED) is 0.699. The summed E-state index contributed by atoms with van der Waals surface area (Å²) in [5, 5.41) is 18.1. The summed E-state index contributed by atoms with van der Waals surface area (Å²) in [6.45, 7) is 3.00. The Morgan fingerprint density at radius 2 is 2.29 bits per heavy atom. The third-order valence-electron chi connectivity index (χ3n) is 2.26. The molecule has 0 amide bonds. The Hall–Kier alpha value is -1.60. The Balaban J connectivity index is 2.09. The fraction of sp³-hybridized carbons (Fsp3) is 0.400. The average molecular weight is 189 g/mol. The molecule has 0 radical (unpaired) electrons. The molecule has 0 aliphatic carbocycles. The zero-order valence-corrected chi connectivity index (χ0v) is 7.94. The lowest BCUT2D eigenvalue weighted by molar-refractivity contribution is 0.0305. The van der Waals surface area contributed by atoms with E-state index in [0.29, 0.717) is 18.7 Å². The van der Waals surface area contributed by atoms with Crippen LogP contribution >= 0.6 is 0 Å². The molecule has 4 heteroatoms. The first-order chi connectivity index (χ1) is 6.61. The van der Waals surface area contributed by atoms with Gasteiger partial charge in [-0.05, 0) is 19.1 Å². The van der Waals surface area contributed by atoms with Crippen LogP contribution < -0.4 is 4.90 Å². The molecule has 1 aliphatic rings. The SMILES string of the molecule is CC1(O)CN(c2ccc(C#N)cn2)C1. The molecule has 0 saturated carbocycles. The highest BCUT2D eigenvalue weighted by molar-refractivity contribution is 5.45. The highest BCUT2D eigenvalue weighted by Crippen LogP contribution is 2.25. The standard InChI is InChI=1S/C10H11N3O/c1-10(14)6-13(7-10)9-3-2-8(4-11)5-12-9/h2-3,5,14H,6-7H2,1H3. The van der Waals surface area contributed by atoms with Crippen molar-refractivity contribution in [3.63, 3.8) is 0 Å². The van der Waals surface area contributed by atoms with Crippen molar-refractivity contribution in [2.45, 2.75) is 12.5 Å². The molecule has 1 aliphatic heterocycles. The van der Waals surface area contributed by atoms with Crippen LogP contribution in [0, 0.1) is 11.3 Å². The van der Waals surface area contributed by atoms with Gasteiger partial charge in [-0.2, -0.15) is 5.26 Å². The second-order valence-corrected chi connectivity index (χ2v) is 3.87. The van der Waals surface area contributed by atoms with Crippen molar-refractivity contribution in [1.29, 1.82) is 5.26 Å². The van der Waals surface area contributed by atoms with E-state index in [1.165, 1.54) is 0 Å². The minimum absolute atomic E-state index is 0.557. The summed E-state index contributed by atoms with van der Waals surface area (Å²) in [5.41, 5.74) is -0.0312. The molecule has 0 spiro atoms. The van der Waals surface area contributed by atoms with Gasteiger partial charge in [-0.1, -0.05) is 0 Å². The maximum Gasteiger partial charge on any atom is 0.128 e. The van der Waals surface area contributed by atoms with Crippen molar-refractivity contribution in [2.75, 3.05) is 18.0 Å². The van der Waals surface area contributed by atoms with Crippen molar-refractivity contribution in [2.24, 2.45) is 0 Å². The molecule has 1 N–H and O–H groups in total. The summed E-state index contributed by atoms with van der Waals surface area (Å²) >= 11 is 0. The van der Waals surface area contributed by atoms with Crippen LogP contribution in [-0.4, -0.2) is 28.8 Å². The fourth-order valence-electron chi connectivity index (χ4n) is 1.58. The number of rotatable bonds is 1. The third-order valence-corrected chi connectivity index (χ3v) is 2.26. The smallest absolute Gasteiger partial charge is 0.128 e. The second kappa shape index (κ2) is 2.96. The number of hydrogen-bond acceptors (Lipinski definition) is 4. The van der Waals surface area contributed by atoms with Crippen LogP contribution in [0.2, 0.25) is 0 Å². The molecule has 2 rings (SSSR count). The van der Waals surface area contributed by atoms with Crippen molar-refractivity contribution in [1.82, 2.24) is 4.98 Å². The lowest BCUT2D eigenvalue weighted by Crippen LogP contribution is -2.60. The van der Waals surface area contributed by atoms with Crippen molar-refractivity contribution in [3.8, 4) is 6.07 Å². The molecule has 14 heavy (non-hydrogen) atoms. The Morgan fingerprint density at radius 3 is 2.71 bits per heavy atom. The Labute approximate surface area is 82.4 Å². The topological polar surface area (TPSA) is 60.1 Å². The molecule has 2 heterocycles. The van der Waals surface area contributed by atoms with E-state index in [9.17, 15) is 5.11 Å². The van der Waals surface area contributed by atoms with Crippen LogP contribution in [0.15, 0.2) is 18.3 Å². The largest absolute Gasteiger partial charge is 0.386 e. The number of anilines is 1. The first kappa shape index (κ1) is 8.97. The van der Waals surface area contributed by atoms with Gasteiger partial charge in [0.15, 0.2) is 0 Å². The second-order valence-electron chi connectivity index (χ2n) is 3.87. The lowest BCUT2D eigenvalue weighted by atomic mass is 9.97. The van der Waals surface area contributed by atoms with Crippen LogP contribution in [0.25, 0.3) is 0 Å². The Kier molecular flexibility index (Phi) is 1.90. The van der Waals surface area contributed by atoms with E-state index in [1.54, 1.807) is 25.3 Å². The predicted octanol–water partition coefficient (Wildman–Crippen LogP) is 0.524. The molecule has 0 unspecified atom stereocenters. The Morgan fingerprint density at radius 1 is 1.57 bits per heavy atom. The average Bonchev–Trinajstić information content (AvgIpc) is 2.14. The maximum atomic E-state index is 9.52. The summed E-state index contributed by atoms with van der Waals surface area (Å²) in [6, 6.07) is 5.55. The molecular weight excluding hydrogens is 178 g/mol. The third kappa shape index (κ3) is 1.54. The van der Waals surface area contributed by atoms with Crippen LogP contribution in [0.4, 0.5) is 5.82 Å². The molecule has 4 nitrogen and oxygen atoms in total. The van der Waals surface area contributed by atoms with Gasteiger partial charge in [0.05, 0.1) is 11.2 Å². The molecule has 1 fully saturated rings. The Bertz CT molecular complexity index is 369. The van der Waals surface area contributed by atoms with E-state index in [4.69, 9.17) is 5.26 Å². The van der Waals surface area contributed by atoms with E-state index in [2.05, 4.69) is 4.98 Å². The fourth-order valence-corrected chi connectivity index (χ4v) is 1.58. The van der Waals surface area contributed by atoms with E-state index < -0.39 is 5.60 Å². The monoisotopic (exact) mass is 189 g/mol. The van der Waals surface area contributed by atoms with Crippen molar-refractivity contribution in [3.05, 3.63) is 23.9 Å². The summed E-state index contributed by atoms with van der Waals surface area (Å²) in [7, 11) is 0. The van der Waals surface area contributed by atoms with E-state index in [1.807, 2.05) is 11.0 Å². The molecule has 0 aromatic carbocycles. The molecule has 72 valence electrons. The molecule has 1 saturated heterocycles. The van der Waals surface area contributed by atoms with Gasteiger partial charge in [0.1, 0.15) is 11.9 Å². The molecule has 0 bridgehead atoms. The molecule has 0 atom stereocenters. The van der Waals surface area contributed by atoms with Gasteiger partial charge in [-0.3, -0.25) is 0 Å². The summed E-state index contributed by atoms with van der Waals surface area (Å²) in [4.78, 5) is 6.10. The first-order valence-corrected chi connectivity index (χ1v) is 4.44. The number of nitriles is 1. The van der Waals surface area contributed by atoms with Crippen LogP contribution in [0.3, 0.4) is 0 Å².